The van der Waals surface area contributed by atoms with Crippen molar-refractivity contribution in [1.82, 2.24) is 5.32 Å². The number of aliphatic hydroxyl groups is 1. The molecule has 0 unspecified atom stereocenters. The summed E-state index contributed by atoms with van der Waals surface area (Å²) in [5.74, 6) is 5.50. The zero-order valence-electron chi connectivity index (χ0n) is 11.3. The highest BCUT2D eigenvalue weighted by molar-refractivity contribution is 5.07. The van der Waals surface area contributed by atoms with Gasteiger partial charge in [0.2, 0.25) is 0 Å². The molecule has 0 atom stereocenters. The molecule has 1 heterocycles. The van der Waals surface area contributed by atoms with E-state index in [1.54, 1.807) is 0 Å². The van der Waals surface area contributed by atoms with Crippen LogP contribution in [0.25, 0.3) is 0 Å². The van der Waals surface area contributed by atoms with Gasteiger partial charge >= 0.3 is 0 Å². The van der Waals surface area contributed by atoms with Crippen LogP contribution in [0.3, 0.4) is 0 Å². The number of nitrogens with one attached hydrogen (secondary N) is 1. The van der Waals surface area contributed by atoms with Crippen molar-refractivity contribution in [3.8, 4) is 0 Å². The van der Waals surface area contributed by atoms with E-state index in [4.69, 9.17) is 9.52 Å². The number of furan rings is 1. The molecule has 4 saturated carbocycles. The molecule has 2 N–H and O–H groups in total. The summed E-state index contributed by atoms with van der Waals surface area (Å²) in [5.41, 5.74) is 0. The number of hydrogen-bond acceptors (Lipinski definition) is 3. The van der Waals surface area contributed by atoms with Crippen LogP contribution in [0.2, 0.25) is 0 Å². The van der Waals surface area contributed by atoms with Crippen LogP contribution in [-0.4, -0.2) is 11.1 Å². The van der Waals surface area contributed by atoms with E-state index in [2.05, 4.69) is 5.32 Å². The monoisotopic (exact) mass is 261 g/mol. The fourth-order valence-electron chi connectivity index (χ4n) is 5.08. The fourth-order valence-corrected chi connectivity index (χ4v) is 5.08. The van der Waals surface area contributed by atoms with E-state index in [0.717, 1.165) is 36.0 Å². The highest BCUT2D eigenvalue weighted by atomic mass is 16.4. The van der Waals surface area contributed by atoms with Gasteiger partial charge in [-0.05, 0) is 67.9 Å². The van der Waals surface area contributed by atoms with Crippen molar-refractivity contribution in [3.05, 3.63) is 23.7 Å². The summed E-state index contributed by atoms with van der Waals surface area (Å²) < 4.78 is 5.56. The molecule has 0 radical (unpaired) electrons. The maximum atomic E-state index is 9.02. The first kappa shape index (κ1) is 12.0. The van der Waals surface area contributed by atoms with E-state index < -0.39 is 0 Å². The van der Waals surface area contributed by atoms with E-state index in [1.807, 2.05) is 12.1 Å². The maximum Gasteiger partial charge on any atom is 0.129 e. The molecule has 4 aliphatic rings. The quantitative estimate of drug-likeness (QED) is 0.876. The Morgan fingerprint density at radius 2 is 1.63 bits per heavy atom. The molecule has 1 aromatic rings. The average Bonchev–Trinajstić information content (AvgIpc) is 2.85. The van der Waals surface area contributed by atoms with Crippen LogP contribution in [0.5, 0.6) is 0 Å². The highest BCUT2D eigenvalue weighted by Gasteiger charge is 2.47. The molecular weight excluding hydrogens is 238 g/mol. The van der Waals surface area contributed by atoms with Gasteiger partial charge < -0.3 is 14.8 Å². The normalized spacial score (nSPS) is 39.9. The molecule has 0 aliphatic heterocycles. The van der Waals surface area contributed by atoms with Crippen LogP contribution in [0, 0.1) is 23.7 Å². The minimum Gasteiger partial charge on any atom is -0.462 e. The number of rotatable bonds is 4. The first-order valence-corrected chi connectivity index (χ1v) is 7.73. The lowest BCUT2D eigenvalue weighted by Gasteiger charge is -2.54. The molecule has 5 rings (SSSR count). The molecule has 1 aromatic heterocycles. The van der Waals surface area contributed by atoms with E-state index >= 15 is 0 Å². The summed E-state index contributed by atoms with van der Waals surface area (Å²) in [6.07, 6.45) is 7.31. The zero-order chi connectivity index (χ0) is 12.8. The van der Waals surface area contributed by atoms with Crippen molar-refractivity contribution >= 4 is 0 Å². The van der Waals surface area contributed by atoms with Crippen LogP contribution in [0.15, 0.2) is 16.5 Å². The topological polar surface area (TPSA) is 45.4 Å². The number of hydrogen-bond donors (Lipinski definition) is 2. The minimum absolute atomic E-state index is 0.00195. The third kappa shape index (κ3) is 2.13. The first-order valence-electron chi connectivity index (χ1n) is 7.73. The maximum absolute atomic E-state index is 9.02. The van der Waals surface area contributed by atoms with E-state index in [1.165, 1.54) is 32.1 Å². The van der Waals surface area contributed by atoms with Crippen molar-refractivity contribution in [1.29, 1.82) is 0 Å². The molecule has 3 nitrogen and oxygen atoms in total. The van der Waals surface area contributed by atoms with Crippen molar-refractivity contribution < 1.29 is 9.52 Å². The van der Waals surface area contributed by atoms with Crippen molar-refractivity contribution in [2.24, 2.45) is 23.7 Å². The van der Waals surface area contributed by atoms with Crippen molar-refractivity contribution in [2.45, 2.75) is 51.3 Å². The highest BCUT2D eigenvalue weighted by Crippen LogP contribution is 2.53. The van der Waals surface area contributed by atoms with Crippen molar-refractivity contribution in [3.63, 3.8) is 0 Å². The van der Waals surface area contributed by atoms with Gasteiger partial charge in [-0.25, -0.2) is 0 Å². The van der Waals surface area contributed by atoms with E-state index in [9.17, 15) is 0 Å². The average molecular weight is 261 g/mol. The summed E-state index contributed by atoms with van der Waals surface area (Å²) in [4.78, 5) is 0. The standard InChI is InChI=1S/C16H23NO2/c18-9-15-2-1-14(19-15)8-17-16-12-4-10-3-11(6-12)7-13(16)5-10/h1-2,10-13,16-18H,3-9H2. The second-order valence-electron chi connectivity index (χ2n) is 6.86. The van der Waals surface area contributed by atoms with E-state index in [-0.39, 0.29) is 6.61 Å². The summed E-state index contributed by atoms with van der Waals surface area (Å²) in [6, 6.07) is 4.55. The Morgan fingerprint density at radius 1 is 1.00 bits per heavy atom. The van der Waals surface area contributed by atoms with Crippen LogP contribution >= 0.6 is 0 Å². The Labute approximate surface area is 114 Å². The Morgan fingerprint density at radius 3 is 2.21 bits per heavy atom. The van der Waals surface area contributed by atoms with Gasteiger partial charge in [0.15, 0.2) is 0 Å². The van der Waals surface area contributed by atoms with Gasteiger partial charge in [0.05, 0.1) is 6.54 Å². The molecule has 19 heavy (non-hydrogen) atoms. The zero-order valence-corrected chi connectivity index (χ0v) is 11.3. The van der Waals surface area contributed by atoms with Crippen LogP contribution < -0.4 is 5.32 Å². The Kier molecular flexibility index (Phi) is 2.92. The summed E-state index contributed by atoms with van der Waals surface area (Å²) >= 11 is 0. The van der Waals surface area contributed by atoms with E-state index in [0.29, 0.717) is 11.8 Å². The van der Waals surface area contributed by atoms with Gasteiger partial charge in [0, 0.05) is 6.04 Å². The van der Waals surface area contributed by atoms with Crippen LogP contribution in [0.1, 0.15) is 43.6 Å². The first-order chi connectivity index (χ1) is 9.31. The number of aliphatic hydroxyl groups excluding tert-OH is 1. The summed E-state index contributed by atoms with van der Waals surface area (Å²) in [7, 11) is 0. The van der Waals surface area contributed by atoms with Gasteiger partial charge in [-0.3, -0.25) is 0 Å². The third-order valence-electron chi connectivity index (χ3n) is 5.61. The van der Waals surface area contributed by atoms with Gasteiger partial charge in [-0.1, -0.05) is 0 Å². The largest absolute Gasteiger partial charge is 0.462 e. The second kappa shape index (κ2) is 4.64. The van der Waals surface area contributed by atoms with Gasteiger partial charge in [-0.15, -0.1) is 0 Å². The fraction of sp³-hybridized carbons (Fsp3) is 0.750. The SMILES string of the molecule is OCc1ccc(CNC2C3CC4CC(C3)CC2C4)o1. The summed E-state index contributed by atoms with van der Waals surface area (Å²) in [6.45, 7) is 0.811. The predicted octanol–water partition coefficient (Wildman–Crippen LogP) is 2.69. The lowest BCUT2D eigenvalue weighted by molar-refractivity contribution is -0.0148. The van der Waals surface area contributed by atoms with Crippen LogP contribution in [-0.2, 0) is 13.2 Å². The molecule has 4 aliphatic carbocycles. The summed E-state index contributed by atoms with van der Waals surface area (Å²) in [5, 5.41) is 12.8. The van der Waals surface area contributed by atoms with Crippen LogP contribution in [0.4, 0.5) is 0 Å². The molecule has 0 spiro atoms. The minimum atomic E-state index is -0.00195. The molecule has 4 bridgehead atoms. The van der Waals surface area contributed by atoms with Crippen molar-refractivity contribution in [2.75, 3.05) is 0 Å². The molecule has 0 aromatic carbocycles. The predicted molar refractivity (Wildman–Crippen MR) is 72.3 cm³/mol. The Bertz CT molecular complexity index is 425. The molecule has 104 valence electrons. The molecule has 3 heteroatoms. The van der Waals surface area contributed by atoms with Gasteiger partial charge in [0.25, 0.3) is 0 Å². The third-order valence-corrected chi connectivity index (χ3v) is 5.61. The molecular formula is C16H23NO2. The second-order valence-corrected chi connectivity index (χ2v) is 6.86. The molecule has 4 fully saturated rings. The Balaban J connectivity index is 1.40. The molecule has 0 amide bonds. The van der Waals surface area contributed by atoms with Gasteiger partial charge in [0.1, 0.15) is 18.1 Å². The lowest BCUT2D eigenvalue weighted by Crippen LogP contribution is -2.54. The van der Waals surface area contributed by atoms with Gasteiger partial charge in [-0.2, -0.15) is 0 Å². The smallest absolute Gasteiger partial charge is 0.129 e. The Hall–Kier alpha value is -0.800. The molecule has 0 saturated heterocycles. The lowest BCUT2D eigenvalue weighted by atomic mass is 9.54.